The van der Waals surface area contributed by atoms with E-state index in [0.29, 0.717) is 6.10 Å². The highest BCUT2D eigenvalue weighted by Crippen LogP contribution is 2.18. The monoisotopic (exact) mass is 257 g/mol. The maximum atomic E-state index is 12.0. The zero-order valence-electron chi connectivity index (χ0n) is 12.4. The van der Waals surface area contributed by atoms with Gasteiger partial charge < -0.3 is 9.47 Å². The van der Waals surface area contributed by atoms with Crippen molar-refractivity contribution in [3.05, 3.63) is 0 Å². The van der Waals surface area contributed by atoms with E-state index in [1.807, 2.05) is 34.6 Å². The van der Waals surface area contributed by atoms with Crippen molar-refractivity contribution in [3.8, 4) is 0 Å². The van der Waals surface area contributed by atoms with Crippen LogP contribution in [0.5, 0.6) is 0 Å². The molecule has 0 amide bonds. The van der Waals surface area contributed by atoms with Crippen LogP contribution in [0, 0.1) is 0 Å². The number of carbonyl (C=O) groups excluding carboxylic acids is 1. The molecular weight excluding hydrogens is 230 g/mol. The Kier molecular flexibility index (Phi) is 5.60. The molecule has 0 aliphatic carbocycles. The van der Waals surface area contributed by atoms with Gasteiger partial charge in [0.25, 0.3) is 0 Å². The second kappa shape index (κ2) is 6.53. The Morgan fingerprint density at radius 1 is 1.33 bits per heavy atom. The molecule has 0 aromatic heterocycles. The number of piperidine rings is 1. The molecule has 18 heavy (non-hydrogen) atoms. The van der Waals surface area contributed by atoms with E-state index in [-0.39, 0.29) is 12.0 Å². The first kappa shape index (κ1) is 15.4. The van der Waals surface area contributed by atoms with E-state index in [2.05, 4.69) is 4.90 Å². The van der Waals surface area contributed by atoms with E-state index < -0.39 is 5.60 Å². The smallest absolute Gasteiger partial charge is 0.323 e. The second-order valence-electron chi connectivity index (χ2n) is 5.90. The molecule has 0 bridgehead atoms. The van der Waals surface area contributed by atoms with Crippen LogP contribution in [0.3, 0.4) is 0 Å². The van der Waals surface area contributed by atoms with Crippen LogP contribution in [0.1, 0.15) is 47.5 Å². The van der Waals surface area contributed by atoms with Gasteiger partial charge in [-0.1, -0.05) is 0 Å². The van der Waals surface area contributed by atoms with Crippen molar-refractivity contribution in [1.82, 2.24) is 4.90 Å². The molecule has 1 aliphatic rings. The van der Waals surface area contributed by atoms with Crippen molar-refractivity contribution in [2.24, 2.45) is 0 Å². The van der Waals surface area contributed by atoms with E-state index in [0.717, 1.165) is 32.5 Å². The maximum Gasteiger partial charge on any atom is 0.323 e. The number of hydrogen-bond acceptors (Lipinski definition) is 4. The van der Waals surface area contributed by atoms with Crippen LogP contribution in [0.2, 0.25) is 0 Å². The lowest BCUT2D eigenvalue weighted by Gasteiger charge is -2.35. The molecule has 106 valence electrons. The zero-order valence-corrected chi connectivity index (χ0v) is 12.4. The molecule has 1 fully saturated rings. The SMILES string of the molecule is CCOC1CCN(C(C)C(=O)OC(C)(C)C)CC1. The molecule has 1 rings (SSSR count). The van der Waals surface area contributed by atoms with E-state index in [1.54, 1.807) is 0 Å². The third-order valence-electron chi connectivity index (χ3n) is 3.17. The lowest BCUT2D eigenvalue weighted by molar-refractivity contribution is -0.161. The van der Waals surface area contributed by atoms with Crippen LogP contribution < -0.4 is 0 Å². The molecular formula is C14H27NO3. The van der Waals surface area contributed by atoms with Gasteiger partial charge in [-0.15, -0.1) is 0 Å². The minimum atomic E-state index is -0.408. The van der Waals surface area contributed by atoms with Gasteiger partial charge in [0, 0.05) is 19.7 Å². The van der Waals surface area contributed by atoms with Crippen molar-refractivity contribution >= 4 is 5.97 Å². The predicted molar refractivity (Wildman–Crippen MR) is 71.5 cm³/mol. The molecule has 0 aromatic rings. The Labute approximate surface area is 111 Å². The summed E-state index contributed by atoms with van der Waals surface area (Å²) in [5.74, 6) is -0.127. The molecule has 1 unspecified atom stereocenters. The first-order valence-corrected chi connectivity index (χ1v) is 6.92. The normalized spacial score (nSPS) is 20.7. The maximum absolute atomic E-state index is 12.0. The molecule has 1 atom stereocenters. The van der Waals surface area contributed by atoms with Crippen LogP contribution in [0.25, 0.3) is 0 Å². The zero-order chi connectivity index (χ0) is 13.8. The highest BCUT2D eigenvalue weighted by Gasteiger charge is 2.29. The number of carbonyl (C=O) groups is 1. The number of esters is 1. The minimum absolute atomic E-state index is 0.127. The molecule has 1 aliphatic heterocycles. The van der Waals surface area contributed by atoms with Gasteiger partial charge in [0.15, 0.2) is 0 Å². The Bertz CT molecular complexity index is 265. The van der Waals surface area contributed by atoms with Gasteiger partial charge in [-0.2, -0.15) is 0 Å². The second-order valence-corrected chi connectivity index (χ2v) is 5.90. The Balaban J connectivity index is 2.40. The number of ether oxygens (including phenoxy) is 2. The van der Waals surface area contributed by atoms with Crippen molar-refractivity contribution in [2.75, 3.05) is 19.7 Å². The first-order valence-electron chi connectivity index (χ1n) is 6.92. The molecule has 0 radical (unpaired) electrons. The fourth-order valence-electron chi connectivity index (χ4n) is 2.20. The van der Waals surface area contributed by atoms with Gasteiger partial charge in [0.05, 0.1) is 6.10 Å². The van der Waals surface area contributed by atoms with Gasteiger partial charge in [-0.05, 0) is 47.5 Å². The summed E-state index contributed by atoms with van der Waals surface area (Å²) in [6.07, 6.45) is 2.36. The average molecular weight is 257 g/mol. The fourth-order valence-corrected chi connectivity index (χ4v) is 2.20. The predicted octanol–water partition coefficient (Wildman–Crippen LogP) is 2.22. The molecule has 4 heteroatoms. The summed E-state index contributed by atoms with van der Waals surface area (Å²) < 4.78 is 11.0. The summed E-state index contributed by atoms with van der Waals surface area (Å²) in [7, 11) is 0. The van der Waals surface area contributed by atoms with E-state index >= 15 is 0 Å². The summed E-state index contributed by atoms with van der Waals surface area (Å²) in [5, 5.41) is 0. The molecule has 0 spiro atoms. The molecule has 0 aromatic carbocycles. The third kappa shape index (κ3) is 4.94. The quantitative estimate of drug-likeness (QED) is 0.724. The van der Waals surface area contributed by atoms with Crippen molar-refractivity contribution in [3.63, 3.8) is 0 Å². The largest absolute Gasteiger partial charge is 0.459 e. The first-order chi connectivity index (χ1) is 8.33. The lowest BCUT2D eigenvalue weighted by atomic mass is 10.1. The number of rotatable bonds is 4. The number of nitrogens with zero attached hydrogens (tertiary/aromatic N) is 1. The molecule has 1 saturated heterocycles. The Morgan fingerprint density at radius 3 is 2.33 bits per heavy atom. The van der Waals surface area contributed by atoms with Crippen LogP contribution >= 0.6 is 0 Å². The van der Waals surface area contributed by atoms with E-state index in [4.69, 9.17) is 9.47 Å². The minimum Gasteiger partial charge on any atom is -0.459 e. The van der Waals surface area contributed by atoms with Gasteiger partial charge >= 0.3 is 5.97 Å². The highest BCUT2D eigenvalue weighted by atomic mass is 16.6. The lowest BCUT2D eigenvalue weighted by Crippen LogP contribution is -2.47. The summed E-state index contributed by atoms with van der Waals surface area (Å²) in [4.78, 5) is 14.2. The average Bonchev–Trinajstić information content (AvgIpc) is 2.27. The van der Waals surface area contributed by atoms with Gasteiger partial charge in [-0.3, -0.25) is 9.69 Å². The van der Waals surface area contributed by atoms with Crippen molar-refractivity contribution in [1.29, 1.82) is 0 Å². The van der Waals surface area contributed by atoms with Crippen LogP contribution in [0.15, 0.2) is 0 Å². The summed E-state index contributed by atoms with van der Waals surface area (Å²) in [6.45, 7) is 12.2. The molecule has 1 heterocycles. The Hall–Kier alpha value is -0.610. The molecule has 0 N–H and O–H groups in total. The van der Waals surface area contributed by atoms with Gasteiger partial charge in [-0.25, -0.2) is 0 Å². The third-order valence-corrected chi connectivity index (χ3v) is 3.17. The summed E-state index contributed by atoms with van der Waals surface area (Å²) in [5.41, 5.74) is -0.408. The van der Waals surface area contributed by atoms with Crippen LogP contribution in [-0.4, -0.2) is 48.3 Å². The number of likely N-dealkylation sites (tertiary alicyclic amines) is 1. The fraction of sp³-hybridized carbons (Fsp3) is 0.929. The van der Waals surface area contributed by atoms with Gasteiger partial charge in [0.2, 0.25) is 0 Å². The summed E-state index contributed by atoms with van der Waals surface area (Å²) in [6, 6.07) is -0.160. The standard InChI is InChI=1S/C14H27NO3/c1-6-17-12-7-9-15(10-8-12)11(2)13(16)18-14(3,4)5/h11-12H,6-10H2,1-5H3. The van der Waals surface area contributed by atoms with Crippen molar-refractivity contribution in [2.45, 2.75) is 65.2 Å². The highest BCUT2D eigenvalue weighted by molar-refractivity contribution is 5.75. The Morgan fingerprint density at radius 2 is 1.89 bits per heavy atom. The van der Waals surface area contributed by atoms with Crippen molar-refractivity contribution < 1.29 is 14.3 Å². The topological polar surface area (TPSA) is 38.8 Å². The van der Waals surface area contributed by atoms with Gasteiger partial charge in [0.1, 0.15) is 11.6 Å². The molecule has 0 saturated carbocycles. The van der Waals surface area contributed by atoms with Crippen LogP contribution in [-0.2, 0) is 14.3 Å². The van der Waals surface area contributed by atoms with Crippen LogP contribution in [0.4, 0.5) is 0 Å². The molecule has 4 nitrogen and oxygen atoms in total. The number of hydrogen-bond donors (Lipinski definition) is 0. The summed E-state index contributed by atoms with van der Waals surface area (Å²) >= 11 is 0. The van der Waals surface area contributed by atoms with E-state index in [9.17, 15) is 4.79 Å². The van der Waals surface area contributed by atoms with E-state index in [1.165, 1.54) is 0 Å².